The molecule has 3 rings (SSSR count). The molecule has 0 spiro atoms. The summed E-state index contributed by atoms with van der Waals surface area (Å²) in [4.78, 5) is 0. The maximum Gasteiger partial charge on any atom is 0.127 e. The summed E-state index contributed by atoms with van der Waals surface area (Å²) in [6.45, 7) is 3.56. The smallest absolute Gasteiger partial charge is 0.127 e. The highest BCUT2D eigenvalue weighted by molar-refractivity contribution is 5.98. The Morgan fingerprint density at radius 1 is 0.765 bits per heavy atom. The summed E-state index contributed by atoms with van der Waals surface area (Å²) in [7, 11) is 0. The first kappa shape index (κ1) is 9.91. The number of rotatable bonds is 2. The van der Waals surface area contributed by atoms with Crippen LogP contribution in [0.5, 0.6) is 5.75 Å². The SMILES string of the molecule is C=COc1ccc2cc3ccccc3cc2c1. The molecule has 0 radical (unpaired) electrons. The van der Waals surface area contributed by atoms with Crippen LogP contribution in [-0.2, 0) is 0 Å². The third-order valence-corrected chi connectivity index (χ3v) is 2.90. The molecule has 0 saturated carbocycles. The van der Waals surface area contributed by atoms with E-state index in [4.69, 9.17) is 4.74 Å². The molecule has 0 amide bonds. The molecule has 0 N–H and O–H groups in total. The summed E-state index contributed by atoms with van der Waals surface area (Å²) < 4.78 is 5.29. The second-order valence-corrected chi connectivity index (χ2v) is 3.99. The molecule has 82 valence electrons. The summed E-state index contributed by atoms with van der Waals surface area (Å²) in [6, 6.07) is 18.8. The van der Waals surface area contributed by atoms with Crippen molar-refractivity contribution in [1.82, 2.24) is 0 Å². The predicted octanol–water partition coefficient (Wildman–Crippen LogP) is 4.52. The van der Waals surface area contributed by atoms with Crippen LogP contribution in [0.1, 0.15) is 0 Å². The second-order valence-electron chi connectivity index (χ2n) is 3.99. The highest BCUT2D eigenvalue weighted by Crippen LogP contribution is 2.26. The Morgan fingerprint density at radius 2 is 1.41 bits per heavy atom. The van der Waals surface area contributed by atoms with Crippen molar-refractivity contribution in [3.63, 3.8) is 0 Å². The highest BCUT2D eigenvalue weighted by atomic mass is 16.5. The van der Waals surface area contributed by atoms with E-state index in [1.807, 2.05) is 12.1 Å². The lowest BCUT2D eigenvalue weighted by molar-refractivity contribution is 0.484. The van der Waals surface area contributed by atoms with Crippen LogP contribution in [-0.4, -0.2) is 0 Å². The Bertz CT molecular complexity index is 698. The van der Waals surface area contributed by atoms with Crippen LogP contribution < -0.4 is 4.74 Å². The summed E-state index contributed by atoms with van der Waals surface area (Å²) in [6.07, 6.45) is 1.45. The van der Waals surface area contributed by atoms with E-state index in [1.165, 1.54) is 27.8 Å². The maximum absolute atomic E-state index is 5.29. The van der Waals surface area contributed by atoms with Crippen molar-refractivity contribution in [2.45, 2.75) is 0 Å². The lowest BCUT2D eigenvalue weighted by Gasteiger charge is -2.04. The third-order valence-electron chi connectivity index (χ3n) is 2.90. The molecule has 3 aromatic rings. The van der Waals surface area contributed by atoms with Crippen molar-refractivity contribution < 1.29 is 4.74 Å². The minimum atomic E-state index is 0.822. The van der Waals surface area contributed by atoms with Crippen LogP contribution in [0.2, 0.25) is 0 Å². The average molecular weight is 220 g/mol. The van der Waals surface area contributed by atoms with E-state index in [1.54, 1.807) is 0 Å². The predicted molar refractivity (Wildman–Crippen MR) is 72.3 cm³/mol. The standard InChI is InChI=1S/C16H12O/c1-2-17-16-8-7-14-9-12-5-3-4-6-13(12)10-15(14)11-16/h2-11H,1H2. The van der Waals surface area contributed by atoms with Gasteiger partial charge >= 0.3 is 0 Å². The first-order valence-electron chi connectivity index (χ1n) is 5.57. The molecule has 0 fully saturated rings. The van der Waals surface area contributed by atoms with Crippen LogP contribution in [0, 0.1) is 0 Å². The molecular formula is C16H12O. The minimum Gasteiger partial charge on any atom is -0.466 e. The molecule has 1 heteroatoms. The Balaban J connectivity index is 2.28. The van der Waals surface area contributed by atoms with E-state index < -0.39 is 0 Å². The maximum atomic E-state index is 5.29. The fourth-order valence-electron chi connectivity index (χ4n) is 2.09. The van der Waals surface area contributed by atoms with Gasteiger partial charge in [0.25, 0.3) is 0 Å². The van der Waals surface area contributed by atoms with E-state index in [-0.39, 0.29) is 0 Å². The van der Waals surface area contributed by atoms with Crippen LogP contribution in [0.4, 0.5) is 0 Å². The number of ether oxygens (including phenoxy) is 1. The van der Waals surface area contributed by atoms with Crippen LogP contribution in [0.3, 0.4) is 0 Å². The van der Waals surface area contributed by atoms with Gasteiger partial charge in [0.05, 0.1) is 6.26 Å². The van der Waals surface area contributed by atoms with Gasteiger partial charge in [-0.1, -0.05) is 36.9 Å². The monoisotopic (exact) mass is 220 g/mol. The lowest BCUT2D eigenvalue weighted by Crippen LogP contribution is -1.81. The van der Waals surface area contributed by atoms with Crippen molar-refractivity contribution in [3.8, 4) is 5.75 Å². The number of hydrogen-bond donors (Lipinski definition) is 0. The molecule has 1 nitrogen and oxygen atoms in total. The van der Waals surface area contributed by atoms with Gasteiger partial charge in [-0.25, -0.2) is 0 Å². The second kappa shape index (κ2) is 3.95. The van der Waals surface area contributed by atoms with E-state index in [2.05, 4.69) is 49.0 Å². The quantitative estimate of drug-likeness (QED) is 0.456. The van der Waals surface area contributed by atoms with Crippen molar-refractivity contribution in [1.29, 1.82) is 0 Å². The number of fused-ring (bicyclic) bond motifs is 2. The first-order chi connectivity index (χ1) is 8.36. The Labute approximate surface area is 99.9 Å². The summed E-state index contributed by atoms with van der Waals surface area (Å²) in [5, 5.41) is 4.91. The van der Waals surface area contributed by atoms with Gasteiger partial charge in [-0.05, 0) is 45.8 Å². The zero-order valence-corrected chi connectivity index (χ0v) is 9.39. The van der Waals surface area contributed by atoms with Crippen LogP contribution >= 0.6 is 0 Å². The Morgan fingerprint density at radius 3 is 2.12 bits per heavy atom. The minimum absolute atomic E-state index is 0.822. The Kier molecular flexibility index (Phi) is 2.30. The molecule has 0 aromatic heterocycles. The van der Waals surface area contributed by atoms with Gasteiger partial charge in [0.2, 0.25) is 0 Å². The van der Waals surface area contributed by atoms with Crippen LogP contribution in [0.25, 0.3) is 21.5 Å². The van der Waals surface area contributed by atoms with Gasteiger partial charge in [0, 0.05) is 0 Å². The van der Waals surface area contributed by atoms with Crippen molar-refractivity contribution in [2.75, 3.05) is 0 Å². The topological polar surface area (TPSA) is 9.23 Å². The molecule has 0 unspecified atom stereocenters. The van der Waals surface area contributed by atoms with Gasteiger partial charge in [0.1, 0.15) is 5.75 Å². The van der Waals surface area contributed by atoms with Crippen molar-refractivity contribution in [2.24, 2.45) is 0 Å². The highest BCUT2D eigenvalue weighted by Gasteiger charge is 1.99. The van der Waals surface area contributed by atoms with E-state index in [0.29, 0.717) is 0 Å². The largest absolute Gasteiger partial charge is 0.466 e. The van der Waals surface area contributed by atoms with Crippen molar-refractivity contribution in [3.05, 3.63) is 67.4 Å². The molecule has 0 saturated heterocycles. The molecule has 17 heavy (non-hydrogen) atoms. The zero-order valence-electron chi connectivity index (χ0n) is 9.39. The molecular weight excluding hydrogens is 208 g/mol. The average Bonchev–Trinajstić information content (AvgIpc) is 2.36. The fraction of sp³-hybridized carbons (Fsp3) is 0. The molecule has 0 aliphatic rings. The van der Waals surface area contributed by atoms with E-state index >= 15 is 0 Å². The first-order valence-corrected chi connectivity index (χ1v) is 5.57. The summed E-state index contributed by atoms with van der Waals surface area (Å²) in [5.41, 5.74) is 0. The third kappa shape index (κ3) is 1.76. The Hall–Kier alpha value is -2.28. The summed E-state index contributed by atoms with van der Waals surface area (Å²) >= 11 is 0. The van der Waals surface area contributed by atoms with Gasteiger partial charge in [-0.2, -0.15) is 0 Å². The molecule has 0 bridgehead atoms. The van der Waals surface area contributed by atoms with E-state index in [9.17, 15) is 0 Å². The number of hydrogen-bond acceptors (Lipinski definition) is 1. The van der Waals surface area contributed by atoms with Gasteiger partial charge in [-0.3, -0.25) is 0 Å². The van der Waals surface area contributed by atoms with Crippen molar-refractivity contribution >= 4 is 21.5 Å². The summed E-state index contributed by atoms with van der Waals surface area (Å²) in [5.74, 6) is 0.822. The van der Waals surface area contributed by atoms with Gasteiger partial charge in [0.15, 0.2) is 0 Å². The lowest BCUT2D eigenvalue weighted by atomic mass is 10.0. The molecule has 0 heterocycles. The molecule has 0 aliphatic carbocycles. The van der Waals surface area contributed by atoms with Gasteiger partial charge < -0.3 is 4.74 Å². The number of benzene rings is 3. The molecule has 0 atom stereocenters. The normalized spacial score (nSPS) is 10.6. The van der Waals surface area contributed by atoms with Gasteiger partial charge in [-0.15, -0.1) is 0 Å². The van der Waals surface area contributed by atoms with E-state index in [0.717, 1.165) is 5.75 Å². The molecule has 0 aliphatic heterocycles. The zero-order chi connectivity index (χ0) is 11.7. The van der Waals surface area contributed by atoms with Crippen LogP contribution in [0.15, 0.2) is 67.4 Å². The fourth-order valence-corrected chi connectivity index (χ4v) is 2.09. The molecule has 3 aromatic carbocycles.